The van der Waals surface area contributed by atoms with Gasteiger partial charge < -0.3 is 19.8 Å². The van der Waals surface area contributed by atoms with Gasteiger partial charge >= 0.3 is 6.18 Å². The summed E-state index contributed by atoms with van der Waals surface area (Å²) < 4.78 is 59.1. The van der Waals surface area contributed by atoms with Crippen LogP contribution < -0.4 is 14.5 Å². The number of hydrogen-bond donors (Lipinski definition) is 2. The Morgan fingerprint density at radius 1 is 1.27 bits per heavy atom. The van der Waals surface area contributed by atoms with Gasteiger partial charge in [0, 0.05) is 5.69 Å². The largest absolute Gasteiger partial charge is 0.488 e. The van der Waals surface area contributed by atoms with Gasteiger partial charge in [0.15, 0.2) is 11.9 Å². The minimum absolute atomic E-state index is 0.0341. The van der Waals surface area contributed by atoms with Crippen molar-refractivity contribution in [1.82, 2.24) is 4.98 Å². The van der Waals surface area contributed by atoms with Crippen molar-refractivity contribution in [3.05, 3.63) is 46.4 Å². The van der Waals surface area contributed by atoms with E-state index in [4.69, 9.17) is 16.3 Å². The Labute approximate surface area is 188 Å². The van der Waals surface area contributed by atoms with E-state index < -0.39 is 53.4 Å². The van der Waals surface area contributed by atoms with E-state index in [0.717, 1.165) is 17.0 Å². The number of nitrogens with zero attached hydrogens (tertiary/aromatic N) is 3. The van der Waals surface area contributed by atoms with Crippen LogP contribution in [0.2, 0.25) is 5.02 Å². The van der Waals surface area contributed by atoms with Crippen LogP contribution in [0, 0.1) is 12.7 Å². The lowest BCUT2D eigenvalue weighted by Gasteiger charge is -2.34. The number of aryl methyl sites for hydroxylation is 1. The molecule has 0 radical (unpaired) electrons. The lowest BCUT2D eigenvalue weighted by Crippen LogP contribution is -2.53. The topological polar surface area (TPSA) is 103 Å². The van der Waals surface area contributed by atoms with E-state index in [0.29, 0.717) is 11.0 Å². The number of fused-ring (bicyclic) bond motifs is 1. The zero-order chi connectivity index (χ0) is 24.2. The van der Waals surface area contributed by atoms with Gasteiger partial charge in [-0.05, 0) is 31.2 Å². The number of aliphatic hydroxyl groups is 2. The van der Waals surface area contributed by atoms with Crippen LogP contribution in [0.5, 0.6) is 5.75 Å². The van der Waals surface area contributed by atoms with Gasteiger partial charge in [-0.1, -0.05) is 11.6 Å². The van der Waals surface area contributed by atoms with E-state index in [1.165, 1.54) is 13.0 Å². The van der Waals surface area contributed by atoms with Crippen molar-refractivity contribution in [1.29, 1.82) is 0 Å². The highest BCUT2D eigenvalue weighted by atomic mass is 35.5. The van der Waals surface area contributed by atoms with Crippen molar-refractivity contribution in [3.8, 4) is 5.75 Å². The van der Waals surface area contributed by atoms with Crippen LogP contribution in [0.1, 0.15) is 11.3 Å². The lowest BCUT2D eigenvalue weighted by molar-refractivity contribution is -0.137. The molecule has 2 aromatic rings. The van der Waals surface area contributed by atoms with Crippen molar-refractivity contribution in [2.45, 2.75) is 31.3 Å². The minimum atomic E-state index is -4.77. The summed E-state index contributed by atoms with van der Waals surface area (Å²) in [6.45, 7) is 1.06. The molecular formula is C20H16ClF4N3O5. The maximum atomic E-state index is 13.8. The van der Waals surface area contributed by atoms with Crippen molar-refractivity contribution < 1.29 is 42.1 Å². The van der Waals surface area contributed by atoms with Gasteiger partial charge in [0.2, 0.25) is 0 Å². The third kappa shape index (κ3) is 3.87. The number of amides is 2. The number of anilines is 2. The highest BCUT2D eigenvalue weighted by Crippen LogP contribution is 2.41. The number of aromatic nitrogens is 1. The summed E-state index contributed by atoms with van der Waals surface area (Å²) in [6, 6.07) is 1.68. The van der Waals surface area contributed by atoms with Crippen LogP contribution in [0.15, 0.2) is 24.3 Å². The monoisotopic (exact) mass is 489 g/mol. The average Bonchev–Trinajstić information content (AvgIpc) is 2.98. The first-order valence-electron chi connectivity index (χ1n) is 9.59. The van der Waals surface area contributed by atoms with Crippen LogP contribution in [0.4, 0.5) is 29.1 Å². The van der Waals surface area contributed by atoms with Gasteiger partial charge in [-0.3, -0.25) is 14.5 Å². The predicted molar refractivity (Wildman–Crippen MR) is 107 cm³/mol. The Balaban J connectivity index is 1.79. The Kier molecular flexibility index (Phi) is 5.71. The Hall–Kier alpha value is -2.96. The number of ether oxygens (including phenoxy) is 1. The zero-order valence-corrected chi connectivity index (χ0v) is 17.6. The molecule has 2 amide bonds. The second-order valence-electron chi connectivity index (χ2n) is 7.49. The molecular weight excluding hydrogens is 474 g/mol. The van der Waals surface area contributed by atoms with Gasteiger partial charge in [-0.25, -0.2) is 9.37 Å². The quantitative estimate of drug-likeness (QED) is 0.626. The molecule has 0 bridgehead atoms. The van der Waals surface area contributed by atoms with Crippen LogP contribution in [-0.4, -0.2) is 58.4 Å². The van der Waals surface area contributed by atoms with E-state index in [2.05, 4.69) is 4.98 Å². The average molecular weight is 490 g/mol. The fraction of sp³-hybridized carbons (Fsp3) is 0.350. The summed E-state index contributed by atoms with van der Waals surface area (Å²) in [5.41, 5.74) is -1.20. The van der Waals surface area contributed by atoms with Gasteiger partial charge in [0.05, 0.1) is 17.8 Å². The van der Waals surface area contributed by atoms with Gasteiger partial charge in [0.1, 0.15) is 35.4 Å². The third-order valence-corrected chi connectivity index (χ3v) is 5.68. The Morgan fingerprint density at radius 2 is 1.97 bits per heavy atom. The molecule has 176 valence electrons. The maximum Gasteiger partial charge on any atom is 0.416 e. The molecule has 4 rings (SSSR count). The molecule has 2 aliphatic heterocycles. The number of aliphatic hydroxyl groups excluding tert-OH is 2. The van der Waals surface area contributed by atoms with Gasteiger partial charge in [0.25, 0.3) is 11.8 Å². The number of carbonyl (C=O) groups excluding carboxylic acids is 2. The molecule has 1 saturated heterocycles. The molecule has 1 aromatic carbocycles. The van der Waals surface area contributed by atoms with E-state index in [1.807, 2.05) is 0 Å². The first-order chi connectivity index (χ1) is 15.4. The Bertz CT molecular complexity index is 1150. The molecule has 3 heterocycles. The number of halogens is 5. The molecule has 0 saturated carbocycles. The molecule has 8 nitrogen and oxygen atoms in total. The van der Waals surface area contributed by atoms with Crippen molar-refractivity contribution in [2.75, 3.05) is 23.0 Å². The van der Waals surface area contributed by atoms with E-state index >= 15 is 0 Å². The summed E-state index contributed by atoms with van der Waals surface area (Å²) in [7, 11) is 0. The molecule has 3 atom stereocenters. The molecule has 2 N–H and O–H groups in total. The molecule has 1 fully saturated rings. The molecule has 0 aliphatic carbocycles. The highest BCUT2D eigenvalue weighted by Gasteiger charge is 2.53. The fourth-order valence-corrected chi connectivity index (χ4v) is 4.04. The number of hydrogen-bond acceptors (Lipinski definition) is 6. The highest BCUT2D eigenvalue weighted by molar-refractivity contribution is 6.33. The van der Waals surface area contributed by atoms with Crippen molar-refractivity contribution in [3.63, 3.8) is 0 Å². The van der Waals surface area contributed by atoms with Crippen LogP contribution >= 0.6 is 11.6 Å². The second kappa shape index (κ2) is 8.12. The summed E-state index contributed by atoms with van der Waals surface area (Å²) in [5.74, 6) is -3.65. The third-order valence-electron chi connectivity index (χ3n) is 5.33. The Morgan fingerprint density at radius 3 is 2.64 bits per heavy atom. The predicted octanol–water partition coefficient (Wildman–Crippen LogP) is 2.06. The van der Waals surface area contributed by atoms with Crippen LogP contribution in [0.3, 0.4) is 0 Å². The number of carbonyl (C=O) groups is 2. The molecule has 0 spiro atoms. The van der Waals surface area contributed by atoms with Crippen molar-refractivity contribution >= 4 is 34.9 Å². The number of benzene rings is 1. The molecule has 1 aromatic heterocycles. The van der Waals surface area contributed by atoms with E-state index in [9.17, 15) is 37.4 Å². The van der Waals surface area contributed by atoms with Crippen LogP contribution in [0.25, 0.3) is 0 Å². The van der Waals surface area contributed by atoms with E-state index in [-0.39, 0.29) is 35.3 Å². The number of alkyl halides is 3. The molecule has 2 aliphatic rings. The zero-order valence-electron chi connectivity index (χ0n) is 16.8. The summed E-state index contributed by atoms with van der Waals surface area (Å²) in [6.07, 6.45) is -8.82. The van der Waals surface area contributed by atoms with Gasteiger partial charge in [-0.2, -0.15) is 13.2 Å². The number of rotatable bonds is 2. The standard InChI is InChI=1S/C20H16ClF4N3O5/c1-8-6-9(20(23,24)25)7-12(26-8)28-14(15(29)16(30)19(28)32)18(31)27-4-5-33-17-11(27)3-2-10(22)13(17)21/h2-3,6-7,14-16,29-30H,4-5H2,1H3/t14-,15-,16-/m0/s1. The van der Waals surface area contributed by atoms with Crippen LogP contribution in [-0.2, 0) is 15.8 Å². The molecule has 0 unspecified atom stereocenters. The second-order valence-corrected chi connectivity index (χ2v) is 7.87. The number of pyridine rings is 1. The maximum absolute atomic E-state index is 13.8. The fourth-order valence-electron chi connectivity index (χ4n) is 3.82. The smallest absolute Gasteiger partial charge is 0.416 e. The molecule has 13 heteroatoms. The summed E-state index contributed by atoms with van der Waals surface area (Å²) in [5, 5.41) is 20.2. The lowest BCUT2D eigenvalue weighted by atomic mass is 10.1. The summed E-state index contributed by atoms with van der Waals surface area (Å²) >= 11 is 5.91. The molecule has 33 heavy (non-hydrogen) atoms. The van der Waals surface area contributed by atoms with Crippen molar-refractivity contribution in [2.24, 2.45) is 0 Å². The first-order valence-corrected chi connectivity index (χ1v) is 9.97. The minimum Gasteiger partial charge on any atom is -0.488 e. The SMILES string of the molecule is Cc1cc(C(F)(F)F)cc(N2C(=O)[C@@H](O)[C@@H](O)[C@H]2C(=O)N2CCOc3c2ccc(F)c3Cl)n1. The normalized spacial score (nSPS) is 22.9. The van der Waals surface area contributed by atoms with Gasteiger partial charge in [-0.15, -0.1) is 0 Å². The summed E-state index contributed by atoms with van der Waals surface area (Å²) in [4.78, 5) is 31.6. The van der Waals surface area contributed by atoms with E-state index in [1.54, 1.807) is 0 Å². The first kappa shape index (κ1) is 23.2.